The Balaban J connectivity index is 1.85. The molecular formula is C41H56O7. The van der Waals surface area contributed by atoms with E-state index in [2.05, 4.69) is 71.1 Å². The number of allylic oxidation sites excluding steroid dienone is 21. The van der Waals surface area contributed by atoms with Gasteiger partial charge in [-0.15, -0.1) is 0 Å². The molecule has 0 aromatic carbocycles. The molecule has 1 heterocycles. The maximum Gasteiger partial charge on any atom is 0.336 e. The normalized spacial score (nSPS) is 27.1. The molecule has 0 saturated carbocycles. The smallest absolute Gasteiger partial charge is 0.336 e. The predicted octanol–water partition coefficient (Wildman–Crippen LogP) is 7.37. The molecule has 0 amide bonds. The summed E-state index contributed by atoms with van der Waals surface area (Å²) in [6.07, 6.45) is 26.3. The average Bonchev–Trinajstić information content (AvgIpc) is 3.02. The van der Waals surface area contributed by atoms with Crippen molar-refractivity contribution >= 4 is 5.97 Å². The third kappa shape index (κ3) is 13.5. The van der Waals surface area contributed by atoms with E-state index in [1.165, 1.54) is 36.0 Å². The van der Waals surface area contributed by atoms with Crippen molar-refractivity contribution in [3.63, 3.8) is 0 Å². The molecule has 1 fully saturated rings. The molecule has 5 atom stereocenters. The van der Waals surface area contributed by atoms with E-state index in [-0.39, 0.29) is 11.0 Å². The van der Waals surface area contributed by atoms with Crippen LogP contribution in [0.15, 0.2) is 130 Å². The van der Waals surface area contributed by atoms with Crippen LogP contribution in [0.2, 0.25) is 0 Å². The summed E-state index contributed by atoms with van der Waals surface area (Å²) in [6, 6.07) is 0. The Bertz CT molecular complexity index is 1440. The van der Waals surface area contributed by atoms with Gasteiger partial charge in [-0.2, -0.15) is 0 Å². The molecular weight excluding hydrogens is 604 g/mol. The Kier molecular flexibility index (Phi) is 16.9. The van der Waals surface area contributed by atoms with Crippen LogP contribution in [0, 0.1) is 5.41 Å². The maximum absolute atomic E-state index is 12.4. The van der Waals surface area contributed by atoms with Gasteiger partial charge in [0.25, 0.3) is 0 Å². The number of carbonyl (C=O) groups is 1. The fourth-order valence-electron chi connectivity index (χ4n) is 5.34. The highest BCUT2D eigenvalue weighted by molar-refractivity contribution is 5.88. The van der Waals surface area contributed by atoms with Crippen LogP contribution in [0.3, 0.4) is 0 Å². The third-order valence-electron chi connectivity index (χ3n) is 8.42. The minimum atomic E-state index is -1.64. The zero-order chi connectivity index (χ0) is 35.9. The second-order valence-corrected chi connectivity index (χ2v) is 13.3. The fraction of sp³-hybridized carbons (Fsp3) is 0.439. The van der Waals surface area contributed by atoms with Crippen LogP contribution in [0.1, 0.15) is 74.7 Å². The van der Waals surface area contributed by atoms with Gasteiger partial charge in [0.1, 0.15) is 24.4 Å². The second kappa shape index (κ2) is 20.0. The molecule has 0 bridgehead atoms. The van der Waals surface area contributed by atoms with Gasteiger partial charge in [-0.3, -0.25) is 0 Å². The number of ether oxygens (including phenoxy) is 2. The Morgan fingerprint density at radius 3 is 1.79 bits per heavy atom. The summed E-state index contributed by atoms with van der Waals surface area (Å²) in [7, 11) is 0. The average molecular weight is 661 g/mol. The van der Waals surface area contributed by atoms with Crippen molar-refractivity contribution in [3.8, 4) is 0 Å². The molecule has 0 aromatic heterocycles. The van der Waals surface area contributed by atoms with Crippen LogP contribution in [-0.2, 0) is 14.3 Å². The molecule has 262 valence electrons. The minimum Gasteiger partial charge on any atom is -0.429 e. The van der Waals surface area contributed by atoms with E-state index >= 15 is 0 Å². The van der Waals surface area contributed by atoms with Crippen molar-refractivity contribution in [2.24, 2.45) is 5.41 Å². The van der Waals surface area contributed by atoms with Gasteiger partial charge in [0, 0.05) is 5.57 Å². The molecule has 2 aliphatic rings. The minimum absolute atomic E-state index is 0.239. The summed E-state index contributed by atoms with van der Waals surface area (Å²) in [5, 5.41) is 39.0. The lowest BCUT2D eigenvalue weighted by Gasteiger charge is -2.39. The predicted molar refractivity (Wildman–Crippen MR) is 195 cm³/mol. The standard InChI is InChI=1S/C41H56O7/c1-28(15-9-10-16-29(2)18-12-20-31(4)24-25-34-32(5)23-14-26-41(34,7)8)17-11-19-30(3)21-13-22-33(6)39(46)48-40-38(45)37(44)36(43)35(27-42)47-40/h9-13,15-22,24-25,35-38,40,42-45H,14,23,26-27H2,1-8H3/b10-9+,17-11+,18-12+,21-13+,25-24+,28-15+,29-16+,30-19+,31-20+,33-22+/t35-,36-,37?,38?,40+/m1/s1. The Morgan fingerprint density at radius 2 is 1.27 bits per heavy atom. The number of hydrogen-bond donors (Lipinski definition) is 4. The van der Waals surface area contributed by atoms with E-state index in [0.29, 0.717) is 0 Å². The summed E-state index contributed by atoms with van der Waals surface area (Å²) >= 11 is 0. The van der Waals surface area contributed by atoms with Crippen LogP contribution < -0.4 is 0 Å². The first-order valence-corrected chi connectivity index (χ1v) is 16.6. The monoisotopic (exact) mass is 660 g/mol. The van der Waals surface area contributed by atoms with Crippen molar-refractivity contribution < 1.29 is 34.7 Å². The zero-order valence-corrected chi connectivity index (χ0v) is 29.9. The molecule has 0 spiro atoms. The molecule has 1 aliphatic heterocycles. The van der Waals surface area contributed by atoms with Gasteiger partial charge in [0.15, 0.2) is 0 Å². The molecule has 0 radical (unpaired) electrons. The van der Waals surface area contributed by atoms with Gasteiger partial charge in [-0.25, -0.2) is 4.79 Å². The quantitative estimate of drug-likeness (QED) is 0.0926. The van der Waals surface area contributed by atoms with Crippen LogP contribution >= 0.6 is 0 Å². The Hall–Kier alpha value is -3.59. The SMILES string of the molecule is CC1=C(/C=C/C(C)=C/C=C/C(C)=C/C=C/C=C(C)/C=C/C=C(C)/C=C/C=C(\C)C(=O)O[C@@H]2O[C@H](CO)[C@@H](O)C(O)C2O)C(C)(C)CCC1. The van der Waals surface area contributed by atoms with E-state index in [9.17, 15) is 25.2 Å². The molecule has 7 heteroatoms. The van der Waals surface area contributed by atoms with Crippen molar-refractivity contribution in [2.75, 3.05) is 6.61 Å². The van der Waals surface area contributed by atoms with Gasteiger partial charge < -0.3 is 29.9 Å². The largest absolute Gasteiger partial charge is 0.429 e. The summed E-state index contributed by atoms with van der Waals surface area (Å²) < 4.78 is 10.3. The van der Waals surface area contributed by atoms with Crippen molar-refractivity contribution in [1.82, 2.24) is 0 Å². The lowest BCUT2D eigenvalue weighted by atomic mass is 9.72. The van der Waals surface area contributed by atoms with Crippen LogP contribution in [0.5, 0.6) is 0 Å². The van der Waals surface area contributed by atoms with Gasteiger partial charge in [-0.1, -0.05) is 133 Å². The lowest BCUT2D eigenvalue weighted by Crippen LogP contribution is -2.59. The maximum atomic E-state index is 12.4. The lowest BCUT2D eigenvalue weighted by molar-refractivity contribution is -0.291. The molecule has 2 unspecified atom stereocenters. The molecule has 4 N–H and O–H groups in total. The van der Waals surface area contributed by atoms with Crippen molar-refractivity contribution in [1.29, 1.82) is 0 Å². The number of esters is 1. The first kappa shape index (κ1) is 40.6. The van der Waals surface area contributed by atoms with Crippen LogP contribution in [0.25, 0.3) is 0 Å². The van der Waals surface area contributed by atoms with Gasteiger partial charge >= 0.3 is 5.97 Å². The number of aliphatic hydroxyl groups excluding tert-OH is 4. The third-order valence-corrected chi connectivity index (χ3v) is 8.42. The summed E-state index contributed by atoms with van der Waals surface area (Å²) in [4.78, 5) is 12.4. The van der Waals surface area contributed by atoms with E-state index in [1.807, 2.05) is 56.4 Å². The van der Waals surface area contributed by atoms with Crippen LogP contribution in [-0.4, -0.2) is 63.7 Å². The van der Waals surface area contributed by atoms with E-state index < -0.39 is 43.3 Å². The molecule has 1 aliphatic carbocycles. The number of carbonyl (C=O) groups excluding carboxylic acids is 1. The highest BCUT2D eigenvalue weighted by atomic mass is 16.7. The fourth-order valence-corrected chi connectivity index (χ4v) is 5.34. The van der Waals surface area contributed by atoms with Gasteiger partial charge in [-0.05, 0) is 71.8 Å². The van der Waals surface area contributed by atoms with E-state index in [4.69, 9.17) is 9.47 Å². The molecule has 0 aromatic rings. The highest BCUT2D eigenvalue weighted by Crippen LogP contribution is 2.40. The van der Waals surface area contributed by atoms with Gasteiger partial charge in [0.05, 0.1) is 6.61 Å². The van der Waals surface area contributed by atoms with Crippen LogP contribution in [0.4, 0.5) is 0 Å². The Morgan fingerprint density at radius 1 is 0.771 bits per heavy atom. The van der Waals surface area contributed by atoms with E-state index in [0.717, 1.165) is 16.7 Å². The highest BCUT2D eigenvalue weighted by Gasteiger charge is 2.45. The van der Waals surface area contributed by atoms with E-state index in [1.54, 1.807) is 19.1 Å². The number of hydrogen-bond acceptors (Lipinski definition) is 7. The zero-order valence-electron chi connectivity index (χ0n) is 29.9. The van der Waals surface area contributed by atoms with Gasteiger partial charge in [0.2, 0.25) is 6.29 Å². The molecule has 1 saturated heterocycles. The molecule has 2 rings (SSSR count). The second-order valence-electron chi connectivity index (χ2n) is 13.3. The summed E-state index contributed by atoms with van der Waals surface area (Å²) in [5.74, 6) is -0.762. The van der Waals surface area contributed by atoms with Crippen molar-refractivity contribution in [2.45, 2.75) is 105 Å². The summed E-state index contributed by atoms with van der Waals surface area (Å²) in [5.41, 5.74) is 7.91. The Labute approximate surface area is 287 Å². The number of rotatable bonds is 13. The molecule has 7 nitrogen and oxygen atoms in total. The van der Waals surface area contributed by atoms with Crippen molar-refractivity contribution in [3.05, 3.63) is 130 Å². The molecule has 48 heavy (non-hydrogen) atoms. The first-order chi connectivity index (χ1) is 22.7. The number of aliphatic hydroxyl groups is 4. The topological polar surface area (TPSA) is 116 Å². The first-order valence-electron chi connectivity index (χ1n) is 16.6. The summed E-state index contributed by atoms with van der Waals surface area (Å²) in [6.45, 7) is 16.1.